The van der Waals surface area contributed by atoms with E-state index in [2.05, 4.69) is 6.92 Å². The molecule has 1 aromatic heterocycles. The monoisotopic (exact) mass is 294 g/mol. The van der Waals surface area contributed by atoms with E-state index in [4.69, 9.17) is 4.42 Å². The Morgan fingerprint density at radius 3 is 3.15 bits per heavy atom. The molecule has 108 valence electrons. The molecule has 2 amide bonds. The van der Waals surface area contributed by atoms with Crippen LogP contribution in [0.3, 0.4) is 0 Å². The lowest BCUT2D eigenvalue weighted by atomic mass is 10.2. The van der Waals surface area contributed by atoms with E-state index in [1.165, 1.54) is 0 Å². The average molecular weight is 294 g/mol. The number of fused-ring (bicyclic) bond motifs is 1. The predicted octanol–water partition coefficient (Wildman–Crippen LogP) is 1.69. The third-order valence-corrected chi connectivity index (χ3v) is 5.58. The number of likely N-dealkylation sites (N-methyl/N-ethyl adjacent to an activating group) is 1. The van der Waals surface area contributed by atoms with Gasteiger partial charge in [0.25, 0.3) is 0 Å². The fourth-order valence-corrected chi connectivity index (χ4v) is 4.40. The van der Waals surface area contributed by atoms with Crippen LogP contribution in [0.1, 0.15) is 25.5 Å². The third kappa shape index (κ3) is 2.12. The number of carbonyl (C=O) groups is 2. The van der Waals surface area contributed by atoms with Crippen molar-refractivity contribution in [3.05, 3.63) is 24.2 Å². The van der Waals surface area contributed by atoms with Crippen LogP contribution >= 0.6 is 11.8 Å². The summed E-state index contributed by atoms with van der Waals surface area (Å²) in [5, 5.41) is 0. The van der Waals surface area contributed by atoms with Gasteiger partial charge in [-0.3, -0.25) is 9.59 Å². The summed E-state index contributed by atoms with van der Waals surface area (Å²) in [7, 11) is 1.76. The summed E-state index contributed by atoms with van der Waals surface area (Å²) in [5.41, 5.74) is 0. The molecular formula is C14H18N2O3S. The first-order chi connectivity index (χ1) is 9.51. The van der Waals surface area contributed by atoms with Gasteiger partial charge in [-0.05, 0) is 25.5 Å². The maximum atomic E-state index is 12.6. The highest BCUT2D eigenvalue weighted by molar-refractivity contribution is 8.01. The molecule has 0 saturated carbocycles. The van der Waals surface area contributed by atoms with Gasteiger partial charge in [0.15, 0.2) is 0 Å². The van der Waals surface area contributed by atoms with E-state index >= 15 is 0 Å². The van der Waals surface area contributed by atoms with Crippen LogP contribution in [0.2, 0.25) is 0 Å². The molecule has 0 spiro atoms. The van der Waals surface area contributed by atoms with Gasteiger partial charge in [0.1, 0.15) is 11.8 Å². The minimum atomic E-state index is -0.333. The van der Waals surface area contributed by atoms with Crippen molar-refractivity contribution in [2.24, 2.45) is 0 Å². The molecule has 6 heteroatoms. The Morgan fingerprint density at radius 1 is 1.65 bits per heavy atom. The smallest absolute Gasteiger partial charge is 0.246 e. The van der Waals surface area contributed by atoms with Crippen molar-refractivity contribution in [1.82, 2.24) is 9.80 Å². The van der Waals surface area contributed by atoms with E-state index in [0.29, 0.717) is 18.7 Å². The standard InChI is InChI=1S/C14H18N2O3S/c1-14-6-5-12(17)16(14)11(9-20-14)13(18)15(2)8-10-4-3-7-19-10/h3-4,7,11H,5-6,8-9H2,1-2H3/t11-,14+/m0/s1. The molecule has 0 aliphatic carbocycles. The van der Waals surface area contributed by atoms with E-state index in [1.807, 2.05) is 6.07 Å². The highest BCUT2D eigenvalue weighted by atomic mass is 32.2. The van der Waals surface area contributed by atoms with E-state index in [-0.39, 0.29) is 22.7 Å². The van der Waals surface area contributed by atoms with Gasteiger partial charge in [-0.1, -0.05) is 0 Å². The highest BCUT2D eigenvalue weighted by Crippen LogP contribution is 2.47. The topological polar surface area (TPSA) is 53.8 Å². The van der Waals surface area contributed by atoms with Crippen LogP contribution in [-0.2, 0) is 16.1 Å². The Hall–Kier alpha value is -1.43. The average Bonchev–Trinajstić information content (AvgIpc) is 3.08. The molecular weight excluding hydrogens is 276 g/mol. The summed E-state index contributed by atoms with van der Waals surface area (Å²) in [6.07, 6.45) is 2.98. The number of nitrogens with zero attached hydrogens (tertiary/aromatic N) is 2. The molecule has 2 atom stereocenters. The Labute approximate surface area is 122 Å². The molecule has 3 rings (SSSR count). The minimum Gasteiger partial charge on any atom is -0.467 e. The van der Waals surface area contributed by atoms with Crippen LogP contribution in [0.25, 0.3) is 0 Å². The summed E-state index contributed by atoms with van der Waals surface area (Å²) in [6.45, 7) is 2.49. The van der Waals surface area contributed by atoms with Crippen molar-refractivity contribution in [3.8, 4) is 0 Å². The molecule has 0 unspecified atom stereocenters. The molecule has 20 heavy (non-hydrogen) atoms. The van der Waals surface area contributed by atoms with Gasteiger partial charge in [0.05, 0.1) is 17.7 Å². The van der Waals surface area contributed by atoms with Gasteiger partial charge in [0, 0.05) is 19.2 Å². The van der Waals surface area contributed by atoms with Crippen LogP contribution in [0, 0.1) is 0 Å². The summed E-state index contributed by atoms with van der Waals surface area (Å²) < 4.78 is 5.26. The van der Waals surface area contributed by atoms with Crippen molar-refractivity contribution >= 4 is 23.6 Å². The second-order valence-corrected chi connectivity index (χ2v) is 7.04. The SMILES string of the molecule is CN(Cc1ccco1)C(=O)[C@@H]1CS[C@]2(C)CCC(=O)N12. The summed E-state index contributed by atoms with van der Waals surface area (Å²) in [6, 6.07) is 3.32. The first-order valence-electron chi connectivity index (χ1n) is 6.75. The Kier molecular flexibility index (Phi) is 3.28. The summed E-state index contributed by atoms with van der Waals surface area (Å²) in [5.74, 6) is 1.53. The first kappa shape index (κ1) is 13.5. The summed E-state index contributed by atoms with van der Waals surface area (Å²) in [4.78, 5) is 27.9. The number of furan rings is 1. The van der Waals surface area contributed by atoms with E-state index < -0.39 is 0 Å². The number of carbonyl (C=O) groups excluding carboxylic acids is 2. The van der Waals surface area contributed by atoms with Crippen molar-refractivity contribution in [2.75, 3.05) is 12.8 Å². The zero-order chi connectivity index (χ0) is 14.3. The van der Waals surface area contributed by atoms with Crippen molar-refractivity contribution in [3.63, 3.8) is 0 Å². The number of thioether (sulfide) groups is 1. The molecule has 2 aliphatic rings. The maximum Gasteiger partial charge on any atom is 0.246 e. The number of amides is 2. The van der Waals surface area contributed by atoms with Crippen LogP contribution in [0.4, 0.5) is 0 Å². The first-order valence-corrected chi connectivity index (χ1v) is 7.73. The lowest BCUT2D eigenvalue weighted by Crippen LogP contribution is -2.50. The Morgan fingerprint density at radius 2 is 2.45 bits per heavy atom. The van der Waals surface area contributed by atoms with Gasteiger partial charge in [-0.2, -0.15) is 0 Å². The number of rotatable bonds is 3. The molecule has 2 saturated heterocycles. The molecule has 0 radical (unpaired) electrons. The molecule has 0 aromatic carbocycles. The van der Waals surface area contributed by atoms with Gasteiger partial charge < -0.3 is 14.2 Å². The highest BCUT2D eigenvalue weighted by Gasteiger charge is 2.53. The summed E-state index contributed by atoms with van der Waals surface area (Å²) >= 11 is 1.71. The van der Waals surface area contributed by atoms with Gasteiger partial charge >= 0.3 is 0 Å². The van der Waals surface area contributed by atoms with Crippen molar-refractivity contribution in [2.45, 2.75) is 37.2 Å². The van der Waals surface area contributed by atoms with E-state index in [1.54, 1.807) is 40.9 Å². The van der Waals surface area contributed by atoms with Crippen molar-refractivity contribution < 1.29 is 14.0 Å². The lowest BCUT2D eigenvalue weighted by molar-refractivity contribution is -0.143. The lowest BCUT2D eigenvalue weighted by Gasteiger charge is -2.31. The zero-order valence-electron chi connectivity index (χ0n) is 11.7. The van der Waals surface area contributed by atoms with Gasteiger partial charge in [-0.25, -0.2) is 0 Å². The van der Waals surface area contributed by atoms with Crippen LogP contribution < -0.4 is 0 Å². The van der Waals surface area contributed by atoms with Gasteiger partial charge in [0.2, 0.25) is 11.8 Å². The molecule has 2 fully saturated rings. The maximum absolute atomic E-state index is 12.6. The fraction of sp³-hybridized carbons (Fsp3) is 0.571. The minimum absolute atomic E-state index is 0.00660. The zero-order valence-corrected chi connectivity index (χ0v) is 12.5. The molecule has 1 aromatic rings. The third-order valence-electron chi connectivity index (χ3n) is 4.08. The van der Waals surface area contributed by atoms with Crippen LogP contribution in [0.5, 0.6) is 0 Å². The predicted molar refractivity (Wildman–Crippen MR) is 75.9 cm³/mol. The number of hydrogen-bond donors (Lipinski definition) is 0. The molecule has 0 bridgehead atoms. The number of hydrogen-bond acceptors (Lipinski definition) is 4. The van der Waals surface area contributed by atoms with E-state index in [0.717, 1.165) is 12.2 Å². The molecule has 5 nitrogen and oxygen atoms in total. The quantitative estimate of drug-likeness (QED) is 0.851. The Bertz CT molecular complexity index is 531. The van der Waals surface area contributed by atoms with E-state index in [9.17, 15) is 9.59 Å². The fourth-order valence-electron chi connectivity index (χ4n) is 2.97. The largest absolute Gasteiger partial charge is 0.467 e. The molecule has 2 aliphatic heterocycles. The Balaban J connectivity index is 1.72. The molecule has 3 heterocycles. The second-order valence-electron chi connectivity index (χ2n) is 5.54. The molecule has 0 N–H and O–H groups in total. The normalized spacial score (nSPS) is 28.8. The van der Waals surface area contributed by atoms with Crippen LogP contribution in [-0.4, -0.2) is 45.3 Å². The van der Waals surface area contributed by atoms with Crippen molar-refractivity contribution in [1.29, 1.82) is 0 Å². The van der Waals surface area contributed by atoms with Crippen LogP contribution in [0.15, 0.2) is 22.8 Å². The second kappa shape index (κ2) is 4.84. The van der Waals surface area contributed by atoms with Gasteiger partial charge in [-0.15, -0.1) is 11.8 Å².